The molecule has 8 heteroatoms. The predicted molar refractivity (Wildman–Crippen MR) is 95.0 cm³/mol. The van der Waals surface area contributed by atoms with Gasteiger partial charge in [0.15, 0.2) is 0 Å². The lowest BCUT2D eigenvalue weighted by Crippen LogP contribution is -2.26. The number of sulfonamides is 1. The van der Waals surface area contributed by atoms with Gasteiger partial charge in [-0.25, -0.2) is 17.8 Å². The summed E-state index contributed by atoms with van der Waals surface area (Å²) in [6.45, 7) is 5.75. The van der Waals surface area contributed by atoms with Crippen molar-refractivity contribution in [2.45, 2.75) is 38.3 Å². The van der Waals surface area contributed by atoms with Crippen molar-refractivity contribution < 1.29 is 8.42 Å². The summed E-state index contributed by atoms with van der Waals surface area (Å²) in [5, 5.41) is 4.18. The second kappa shape index (κ2) is 6.45. The predicted octanol–water partition coefficient (Wildman–Crippen LogP) is 1.86. The van der Waals surface area contributed by atoms with Crippen LogP contribution in [0, 0.1) is 6.92 Å². The number of benzene rings is 1. The van der Waals surface area contributed by atoms with Crippen LogP contribution >= 0.6 is 0 Å². The van der Waals surface area contributed by atoms with Crippen LogP contribution in [-0.2, 0) is 16.6 Å². The van der Waals surface area contributed by atoms with Crippen LogP contribution in [0.15, 0.2) is 52.3 Å². The third-order valence-corrected chi connectivity index (χ3v) is 5.61. The quantitative estimate of drug-likeness (QED) is 0.753. The van der Waals surface area contributed by atoms with E-state index in [-0.39, 0.29) is 16.5 Å². The van der Waals surface area contributed by atoms with Gasteiger partial charge in [-0.15, -0.1) is 0 Å². The van der Waals surface area contributed by atoms with E-state index in [0.717, 1.165) is 5.56 Å². The van der Waals surface area contributed by atoms with Crippen LogP contribution < -0.4 is 10.3 Å². The number of fused-ring (bicyclic) bond motifs is 1. The van der Waals surface area contributed by atoms with Gasteiger partial charge in [-0.3, -0.25) is 9.20 Å². The lowest BCUT2D eigenvalue weighted by Gasteiger charge is -2.13. The molecule has 3 rings (SSSR count). The Bertz CT molecular complexity index is 1070. The van der Waals surface area contributed by atoms with E-state index < -0.39 is 10.0 Å². The second-order valence-corrected chi connectivity index (χ2v) is 7.57. The topological polar surface area (TPSA) is 85.5 Å². The number of nitrogens with zero attached hydrogens (tertiary/aromatic N) is 3. The standard InChI is InChI=1S/C17H20N4O3S/c1-4-21-17(22)16-10-15(11-20(16)13(3)18-21)25(23,24)19-12(2)14-8-6-5-7-9-14/h5-12,19H,4H2,1-3H3. The summed E-state index contributed by atoms with van der Waals surface area (Å²) in [7, 11) is -3.77. The second-order valence-electron chi connectivity index (χ2n) is 5.85. The number of hydrogen-bond donors (Lipinski definition) is 1. The molecule has 0 bridgehead atoms. The van der Waals surface area contributed by atoms with Gasteiger partial charge in [-0.2, -0.15) is 5.10 Å². The maximum absolute atomic E-state index is 12.7. The summed E-state index contributed by atoms with van der Waals surface area (Å²) >= 11 is 0. The molecule has 2 heterocycles. The maximum Gasteiger partial charge on any atom is 0.291 e. The monoisotopic (exact) mass is 360 g/mol. The van der Waals surface area contributed by atoms with Crippen molar-refractivity contribution in [3.05, 3.63) is 64.3 Å². The minimum atomic E-state index is -3.77. The lowest BCUT2D eigenvalue weighted by atomic mass is 10.1. The summed E-state index contributed by atoms with van der Waals surface area (Å²) < 4.78 is 30.9. The molecule has 3 aromatic rings. The Morgan fingerprint density at radius 2 is 1.92 bits per heavy atom. The minimum absolute atomic E-state index is 0.0473. The highest BCUT2D eigenvalue weighted by Crippen LogP contribution is 2.18. The Kier molecular flexibility index (Phi) is 4.49. The van der Waals surface area contributed by atoms with E-state index in [1.54, 1.807) is 13.8 Å². The van der Waals surface area contributed by atoms with Gasteiger partial charge >= 0.3 is 0 Å². The Hall–Kier alpha value is -2.45. The fraction of sp³-hybridized carbons (Fsp3) is 0.294. The molecule has 0 fully saturated rings. The zero-order chi connectivity index (χ0) is 18.2. The summed E-state index contributed by atoms with van der Waals surface area (Å²) in [4.78, 5) is 12.4. The van der Waals surface area contributed by atoms with Gasteiger partial charge < -0.3 is 0 Å². The average molecular weight is 360 g/mol. The number of rotatable bonds is 5. The first-order chi connectivity index (χ1) is 11.8. The summed E-state index contributed by atoms with van der Waals surface area (Å²) in [5.74, 6) is 0.550. The molecule has 2 aromatic heterocycles. The van der Waals surface area contributed by atoms with Crippen molar-refractivity contribution in [2.24, 2.45) is 0 Å². The van der Waals surface area contributed by atoms with Crippen LogP contribution in [0.5, 0.6) is 0 Å². The molecule has 7 nitrogen and oxygen atoms in total. The zero-order valence-electron chi connectivity index (χ0n) is 14.3. The lowest BCUT2D eigenvalue weighted by molar-refractivity contribution is 0.567. The molecular weight excluding hydrogens is 340 g/mol. The highest BCUT2D eigenvalue weighted by molar-refractivity contribution is 7.89. The van der Waals surface area contributed by atoms with Crippen LogP contribution in [0.1, 0.15) is 31.3 Å². The number of hydrogen-bond acceptors (Lipinski definition) is 4. The Morgan fingerprint density at radius 1 is 1.24 bits per heavy atom. The van der Waals surface area contributed by atoms with Crippen LogP contribution in [0.2, 0.25) is 0 Å². The molecule has 0 saturated heterocycles. The van der Waals surface area contributed by atoms with Crippen molar-refractivity contribution in [1.82, 2.24) is 18.9 Å². The molecule has 132 valence electrons. The van der Waals surface area contributed by atoms with E-state index in [1.165, 1.54) is 21.3 Å². The Morgan fingerprint density at radius 3 is 2.56 bits per heavy atom. The Balaban J connectivity index is 2.02. The van der Waals surface area contributed by atoms with E-state index in [4.69, 9.17) is 0 Å². The van der Waals surface area contributed by atoms with Gasteiger partial charge in [0, 0.05) is 18.8 Å². The van der Waals surface area contributed by atoms with E-state index in [0.29, 0.717) is 17.9 Å². The molecule has 0 aliphatic rings. The fourth-order valence-electron chi connectivity index (χ4n) is 2.74. The number of aryl methyl sites for hydroxylation is 2. The van der Waals surface area contributed by atoms with Crippen molar-refractivity contribution in [3.8, 4) is 0 Å². The molecule has 0 spiro atoms. The first-order valence-electron chi connectivity index (χ1n) is 8.00. The summed E-state index contributed by atoms with van der Waals surface area (Å²) in [6, 6.07) is 10.3. The van der Waals surface area contributed by atoms with E-state index in [2.05, 4.69) is 9.82 Å². The van der Waals surface area contributed by atoms with Gasteiger partial charge in [-0.1, -0.05) is 30.3 Å². The van der Waals surface area contributed by atoms with Crippen molar-refractivity contribution in [2.75, 3.05) is 0 Å². The fourth-order valence-corrected chi connectivity index (χ4v) is 3.99. The summed E-state index contributed by atoms with van der Waals surface area (Å²) in [6.07, 6.45) is 1.43. The normalized spacial score (nSPS) is 13.2. The molecular formula is C17H20N4O3S. The number of aromatic nitrogens is 3. The van der Waals surface area contributed by atoms with Gasteiger partial charge in [0.05, 0.1) is 0 Å². The van der Waals surface area contributed by atoms with Crippen molar-refractivity contribution in [3.63, 3.8) is 0 Å². The molecule has 1 unspecified atom stereocenters. The molecule has 1 N–H and O–H groups in total. The van der Waals surface area contributed by atoms with Crippen LogP contribution in [0.4, 0.5) is 0 Å². The first-order valence-corrected chi connectivity index (χ1v) is 9.49. The molecule has 0 radical (unpaired) electrons. The maximum atomic E-state index is 12.7. The van der Waals surface area contributed by atoms with Gasteiger partial charge in [0.2, 0.25) is 10.0 Å². The van der Waals surface area contributed by atoms with E-state index >= 15 is 0 Å². The molecule has 0 amide bonds. The minimum Gasteiger partial charge on any atom is -0.298 e. The Labute approximate surface area is 146 Å². The largest absolute Gasteiger partial charge is 0.298 e. The van der Waals surface area contributed by atoms with Crippen molar-refractivity contribution in [1.29, 1.82) is 0 Å². The zero-order valence-corrected chi connectivity index (χ0v) is 15.1. The van der Waals surface area contributed by atoms with Crippen molar-refractivity contribution >= 4 is 15.5 Å². The smallest absolute Gasteiger partial charge is 0.291 e. The third-order valence-electron chi connectivity index (χ3n) is 4.10. The molecule has 0 saturated carbocycles. The average Bonchev–Trinajstić information content (AvgIpc) is 3.06. The molecule has 0 aliphatic heterocycles. The highest BCUT2D eigenvalue weighted by atomic mass is 32.2. The van der Waals surface area contributed by atoms with Crippen LogP contribution in [0.3, 0.4) is 0 Å². The van der Waals surface area contributed by atoms with Crippen LogP contribution in [-0.4, -0.2) is 22.6 Å². The van der Waals surface area contributed by atoms with Crippen LogP contribution in [0.25, 0.3) is 5.52 Å². The van der Waals surface area contributed by atoms with E-state index in [9.17, 15) is 13.2 Å². The van der Waals surface area contributed by atoms with Gasteiger partial charge in [0.1, 0.15) is 16.2 Å². The first kappa shape index (κ1) is 17.4. The number of nitrogens with one attached hydrogen (secondary N) is 1. The molecule has 1 aromatic carbocycles. The highest BCUT2D eigenvalue weighted by Gasteiger charge is 2.22. The molecule has 1 atom stereocenters. The molecule has 25 heavy (non-hydrogen) atoms. The van der Waals surface area contributed by atoms with Gasteiger partial charge in [-0.05, 0) is 32.4 Å². The van der Waals surface area contributed by atoms with E-state index in [1.807, 2.05) is 37.3 Å². The van der Waals surface area contributed by atoms with Gasteiger partial charge in [0.25, 0.3) is 5.56 Å². The molecule has 0 aliphatic carbocycles. The summed E-state index contributed by atoms with van der Waals surface area (Å²) in [5.41, 5.74) is 0.841. The SMILES string of the molecule is CCn1nc(C)n2cc(S(=O)(=O)NC(C)c3ccccc3)cc2c1=O. The third kappa shape index (κ3) is 3.22.